The zero-order chi connectivity index (χ0) is 21.6. The molecule has 0 spiro atoms. The number of hydrogen-bond donors (Lipinski definition) is 2. The van der Waals surface area contributed by atoms with Crippen molar-refractivity contribution in [1.82, 2.24) is 4.57 Å². The minimum Gasteiger partial charge on any atom is -0.321 e. The summed E-state index contributed by atoms with van der Waals surface area (Å²) in [5, 5.41) is 2.50. The van der Waals surface area contributed by atoms with Gasteiger partial charge in [-0.1, -0.05) is 55.5 Å². The smallest absolute Gasteiger partial charge is 0.321 e. The van der Waals surface area contributed by atoms with Crippen LogP contribution in [0.25, 0.3) is 38.6 Å². The molecule has 0 fully saturated rings. The second kappa shape index (κ2) is 7.51. The highest BCUT2D eigenvalue weighted by Gasteiger charge is 2.17. The van der Waals surface area contributed by atoms with Gasteiger partial charge in [-0.05, 0) is 65.6 Å². The number of aryl methyl sites for hydroxylation is 1. The number of hydrogen-bond acceptors (Lipinski definition) is 1. The molecule has 0 bridgehead atoms. The van der Waals surface area contributed by atoms with Crippen LogP contribution in [0.1, 0.15) is 12.5 Å². The number of fused-ring (bicyclic) bond motifs is 3. The Hall–Kier alpha value is -3.17. The first-order chi connectivity index (χ1) is 15.0. The minimum absolute atomic E-state index is 0.0307. The first-order valence-electron chi connectivity index (χ1n) is 10.2. The van der Waals surface area contributed by atoms with E-state index in [-0.39, 0.29) is 5.30 Å². The minimum atomic E-state index is -4.28. The Morgan fingerprint density at radius 3 is 2.23 bits per heavy atom. The molecule has 2 N–H and O–H groups in total. The van der Waals surface area contributed by atoms with E-state index >= 15 is 0 Å². The van der Waals surface area contributed by atoms with Gasteiger partial charge in [0.25, 0.3) is 0 Å². The molecule has 5 aromatic rings. The Morgan fingerprint density at radius 1 is 0.742 bits per heavy atom. The average molecular weight is 427 g/mol. The van der Waals surface area contributed by atoms with Crippen LogP contribution in [0.3, 0.4) is 0 Å². The lowest BCUT2D eigenvalue weighted by atomic mass is 10.1. The van der Waals surface area contributed by atoms with Crippen molar-refractivity contribution in [3.8, 4) is 16.8 Å². The predicted molar refractivity (Wildman–Crippen MR) is 127 cm³/mol. The van der Waals surface area contributed by atoms with Crippen LogP contribution in [0.15, 0.2) is 91.0 Å². The number of nitrogens with zero attached hydrogens (tertiary/aromatic N) is 1. The van der Waals surface area contributed by atoms with Gasteiger partial charge in [-0.3, -0.25) is 4.57 Å². The topological polar surface area (TPSA) is 62.5 Å². The summed E-state index contributed by atoms with van der Waals surface area (Å²) in [4.78, 5) is 19.0. The summed E-state index contributed by atoms with van der Waals surface area (Å²) >= 11 is 0. The molecule has 1 heterocycles. The highest BCUT2D eigenvalue weighted by atomic mass is 31.2. The van der Waals surface area contributed by atoms with Crippen molar-refractivity contribution in [3.63, 3.8) is 0 Å². The second-order valence-electron chi connectivity index (χ2n) is 7.70. The normalized spacial score (nSPS) is 12.0. The zero-order valence-corrected chi connectivity index (χ0v) is 18.0. The van der Waals surface area contributed by atoms with E-state index in [4.69, 9.17) is 0 Å². The molecule has 0 aliphatic heterocycles. The molecule has 0 aliphatic carbocycles. The molecular formula is C26H22NO3P. The lowest BCUT2D eigenvalue weighted by Crippen LogP contribution is -2.03. The van der Waals surface area contributed by atoms with Gasteiger partial charge in [-0.15, -0.1) is 0 Å². The maximum absolute atomic E-state index is 11.6. The van der Waals surface area contributed by atoms with Crippen molar-refractivity contribution >= 4 is 34.7 Å². The zero-order valence-electron chi connectivity index (χ0n) is 17.1. The highest BCUT2D eigenvalue weighted by Crippen LogP contribution is 2.35. The summed E-state index contributed by atoms with van der Waals surface area (Å²) < 4.78 is 13.9. The molecule has 31 heavy (non-hydrogen) atoms. The van der Waals surface area contributed by atoms with Crippen LogP contribution < -0.4 is 5.30 Å². The Morgan fingerprint density at radius 2 is 1.48 bits per heavy atom. The van der Waals surface area contributed by atoms with Gasteiger partial charge in [0.15, 0.2) is 0 Å². The Bertz CT molecular complexity index is 1460. The van der Waals surface area contributed by atoms with E-state index < -0.39 is 7.60 Å². The fourth-order valence-electron chi connectivity index (χ4n) is 4.19. The maximum atomic E-state index is 11.6. The molecule has 5 heteroatoms. The molecule has 0 unspecified atom stereocenters. The lowest BCUT2D eigenvalue weighted by Gasteiger charge is -2.10. The number of para-hydroxylation sites is 1. The van der Waals surface area contributed by atoms with E-state index in [1.165, 1.54) is 22.4 Å². The molecule has 154 valence electrons. The van der Waals surface area contributed by atoms with Gasteiger partial charge in [0.1, 0.15) is 0 Å². The van der Waals surface area contributed by atoms with Crippen molar-refractivity contribution < 1.29 is 14.4 Å². The van der Waals surface area contributed by atoms with Crippen LogP contribution in [0.4, 0.5) is 0 Å². The monoisotopic (exact) mass is 427 g/mol. The Kier molecular flexibility index (Phi) is 4.79. The molecule has 0 atom stereocenters. The Balaban J connectivity index is 1.64. The summed E-state index contributed by atoms with van der Waals surface area (Å²) in [5.41, 5.74) is 6.37. The number of aromatic nitrogens is 1. The van der Waals surface area contributed by atoms with Crippen LogP contribution in [0.2, 0.25) is 0 Å². The predicted octanol–water partition coefficient (Wildman–Crippen LogP) is 5.82. The third-order valence-corrected chi connectivity index (χ3v) is 6.74. The van der Waals surface area contributed by atoms with Crippen molar-refractivity contribution in [3.05, 3.63) is 96.6 Å². The molecule has 1 aromatic heterocycles. The molecule has 0 saturated carbocycles. The van der Waals surface area contributed by atoms with Gasteiger partial charge in [-0.2, -0.15) is 0 Å². The molecule has 4 aromatic carbocycles. The van der Waals surface area contributed by atoms with E-state index in [0.717, 1.165) is 34.3 Å². The third kappa shape index (κ3) is 3.49. The average Bonchev–Trinajstić information content (AvgIpc) is 3.12. The van der Waals surface area contributed by atoms with Crippen molar-refractivity contribution in [2.24, 2.45) is 0 Å². The first kappa shape index (κ1) is 19.8. The van der Waals surface area contributed by atoms with E-state index in [9.17, 15) is 14.4 Å². The van der Waals surface area contributed by atoms with Crippen molar-refractivity contribution in [2.75, 3.05) is 0 Å². The van der Waals surface area contributed by atoms with E-state index in [1.807, 2.05) is 18.2 Å². The lowest BCUT2D eigenvalue weighted by molar-refractivity contribution is 0.387. The number of benzene rings is 4. The van der Waals surface area contributed by atoms with Crippen LogP contribution >= 0.6 is 7.60 Å². The largest absolute Gasteiger partial charge is 0.356 e. The van der Waals surface area contributed by atoms with Crippen LogP contribution in [0, 0.1) is 0 Å². The molecule has 0 amide bonds. The standard InChI is InChI=1S/C26H22NO3P/c1-2-18-10-15-26-24(16-18)23-8-3-4-9-25(23)27(26)21-13-11-19(12-14-21)20-6-5-7-22(17-20)31(28,29)30/h3-17H,2H2,1H3,(H2,28,29,30). The van der Waals surface area contributed by atoms with E-state index in [2.05, 4.69) is 66.1 Å². The van der Waals surface area contributed by atoms with Crippen molar-refractivity contribution in [2.45, 2.75) is 13.3 Å². The SMILES string of the molecule is CCc1ccc2c(c1)c1ccccc1n2-c1ccc(-c2cccc(P(=O)(O)O)c2)cc1. The van der Waals surface area contributed by atoms with E-state index in [1.54, 1.807) is 12.1 Å². The summed E-state index contributed by atoms with van der Waals surface area (Å²) in [6, 6.07) is 29.7. The summed E-state index contributed by atoms with van der Waals surface area (Å²) in [6.07, 6.45) is 0.998. The Labute approximate surface area is 180 Å². The van der Waals surface area contributed by atoms with Crippen molar-refractivity contribution in [1.29, 1.82) is 0 Å². The quantitative estimate of drug-likeness (QED) is 0.356. The van der Waals surface area contributed by atoms with Gasteiger partial charge in [0.2, 0.25) is 0 Å². The molecule has 4 nitrogen and oxygen atoms in total. The summed E-state index contributed by atoms with van der Waals surface area (Å²) in [5.74, 6) is 0. The fourth-order valence-corrected chi connectivity index (χ4v) is 4.78. The summed E-state index contributed by atoms with van der Waals surface area (Å²) in [7, 11) is -4.28. The van der Waals surface area contributed by atoms with E-state index in [0.29, 0.717) is 0 Å². The molecule has 0 radical (unpaired) electrons. The fraction of sp³-hybridized carbons (Fsp3) is 0.0769. The van der Waals surface area contributed by atoms with Gasteiger partial charge < -0.3 is 14.4 Å². The third-order valence-electron chi connectivity index (χ3n) is 5.79. The molecule has 5 rings (SSSR count). The van der Waals surface area contributed by atoms with Crippen LogP contribution in [-0.2, 0) is 11.0 Å². The van der Waals surface area contributed by atoms with Gasteiger partial charge in [0.05, 0.1) is 16.3 Å². The molecule has 0 saturated heterocycles. The van der Waals surface area contributed by atoms with Gasteiger partial charge in [0, 0.05) is 16.5 Å². The van der Waals surface area contributed by atoms with Crippen LogP contribution in [0.5, 0.6) is 0 Å². The first-order valence-corrected chi connectivity index (χ1v) is 11.9. The molecule has 0 aliphatic rings. The maximum Gasteiger partial charge on any atom is 0.356 e. The second-order valence-corrected chi connectivity index (χ2v) is 9.30. The number of rotatable bonds is 4. The highest BCUT2D eigenvalue weighted by molar-refractivity contribution is 7.60. The molecular weight excluding hydrogens is 405 g/mol. The summed E-state index contributed by atoms with van der Waals surface area (Å²) in [6.45, 7) is 2.17. The van der Waals surface area contributed by atoms with Gasteiger partial charge >= 0.3 is 7.60 Å². The van der Waals surface area contributed by atoms with Gasteiger partial charge in [-0.25, -0.2) is 0 Å². The van der Waals surface area contributed by atoms with Crippen LogP contribution in [-0.4, -0.2) is 14.4 Å².